The average Bonchev–Trinajstić information content (AvgIpc) is 2.38. The summed E-state index contributed by atoms with van der Waals surface area (Å²) in [5.74, 6) is 0.644. The van der Waals surface area contributed by atoms with Crippen LogP contribution in [0.3, 0.4) is 0 Å². The van der Waals surface area contributed by atoms with Gasteiger partial charge in [0.2, 0.25) is 0 Å². The molecule has 2 aromatic carbocycles. The predicted molar refractivity (Wildman–Crippen MR) is 68.8 cm³/mol. The fraction of sp³-hybridized carbons (Fsp3) is 0.143. The first kappa shape index (κ1) is 12.7. The van der Waals surface area contributed by atoms with Crippen LogP contribution in [0.1, 0.15) is 0 Å². The van der Waals surface area contributed by atoms with E-state index in [4.69, 9.17) is 21.1 Å². The lowest BCUT2D eigenvalue weighted by molar-refractivity contribution is 0.394. The van der Waals surface area contributed by atoms with E-state index in [9.17, 15) is 4.39 Å². The maximum absolute atomic E-state index is 13.8. The number of ether oxygens (including phenoxy) is 2. The van der Waals surface area contributed by atoms with Crippen LogP contribution in [0.4, 0.5) is 4.39 Å². The molecule has 1 radical (unpaired) electrons. The second-order valence-electron chi connectivity index (χ2n) is 3.62. The van der Waals surface area contributed by atoms with Crippen molar-refractivity contribution in [3.05, 3.63) is 47.2 Å². The summed E-state index contributed by atoms with van der Waals surface area (Å²) in [6.45, 7) is 0. The normalized spacial score (nSPS) is 10.2. The Bertz CT molecular complexity index is 527. The molecule has 0 unspecified atom stereocenters. The molecular formula is C14H11ClFO2. The molecule has 2 rings (SSSR count). The highest BCUT2D eigenvalue weighted by Gasteiger charge is 2.12. The fourth-order valence-electron chi connectivity index (χ4n) is 1.66. The quantitative estimate of drug-likeness (QED) is 0.836. The summed E-state index contributed by atoms with van der Waals surface area (Å²) in [5.41, 5.74) is 0.877. The van der Waals surface area contributed by atoms with Crippen LogP contribution in [-0.2, 0) is 0 Å². The van der Waals surface area contributed by atoms with E-state index in [1.807, 2.05) is 0 Å². The summed E-state index contributed by atoms with van der Waals surface area (Å²) in [7, 11) is 3.07. The lowest BCUT2D eigenvalue weighted by atomic mass is 10.0. The van der Waals surface area contributed by atoms with Gasteiger partial charge in [0.25, 0.3) is 0 Å². The Morgan fingerprint density at radius 3 is 2.22 bits per heavy atom. The van der Waals surface area contributed by atoms with Crippen molar-refractivity contribution in [2.24, 2.45) is 0 Å². The van der Waals surface area contributed by atoms with Gasteiger partial charge in [0.1, 0.15) is 17.3 Å². The first-order chi connectivity index (χ1) is 8.65. The van der Waals surface area contributed by atoms with Gasteiger partial charge in [0.05, 0.1) is 19.2 Å². The molecule has 0 saturated carbocycles. The van der Waals surface area contributed by atoms with E-state index in [0.29, 0.717) is 22.1 Å². The molecule has 0 N–H and O–H groups in total. The summed E-state index contributed by atoms with van der Waals surface area (Å²) >= 11 is 6.01. The van der Waals surface area contributed by atoms with E-state index in [-0.39, 0.29) is 5.56 Å². The maximum Gasteiger partial charge on any atom is 0.140 e. The van der Waals surface area contributed by atoms with Crippen molar-refractivity contribution in [2.75, 3.05) is 14.2 Å². The summed E-state index contributed by atoms with van der Waals surface area (Å²) in [6.07, 6.45) is 0. The van der Waals surface area contributed by atoms with Gasteiger partial charge in [-0.1, -0.05) is 11.6 Å². The Morgan fingerprint density at radius 1 is 1.11 bits per heavy atom. The van der Waals surface area contributed by atoms with E-state index in [2.05, 4.69) is 6.07 Å². The highest BCUT2D eigenvalue weighted by molar-refractivity contribution is 6.33. The molecule has 0 amide bonds. The SMILES string of the molecule is COc1cc(OC)cc(-c2c(F)[c]ccc2Cl)c1. The summed E-state index contributed by atoms with van der Waals surface area (Å²) in [5, 5.41) is 0.321. The van der Waals surface area contributed by atoms with Gasteiger partial charge < -0.3 is 9.47 Å². The summed E-state index contributed by atoms with van der Waals surface area (Å²) < 4.78 is 24.1. The number of rotatable bonds is 3. The smallest absolute Gasteiger partial charge is 0.140 e. The molecule has 18 heavy (non-hydrogen) atoms. The monoisotopic (exact) mass is 265 g/mol. The minimum atomic E-state index is -0.502. The second kappa shape index (κ2) is 5.27. The van der Waals surface area contributed by atoms with Gasteiger partial charge in [-0.05, 0) is 29.8 Å². The molecule has 4 heteroatoms. The van der Waals surface area contributed by atoms with Crippen LogP contribution in [0.2, 0.25) is 5.02 Å². The van der Waals surface area contributed by atoms with Crippen LogP contribution in [0.25, 0.3) is 11.1 Å². The van der Waals surface area contributed by atoms with Crippen LogP contribution in [0.15, 0.2) is 30.3 Å². The van der Waals surface area contributed by atoms with Gasteiger partial charge in [-0.15, -0.1) is 0 Å². The zero-order valence-electron chi connectivity index (χ0n) is 9.96. The van der Waals surface area contributed by atoms with Gasteiger partial charge in [-0.2, -0.15) is 0 Å². The number of methoxy groups -OCH3 is 2. The van der Waals surface area contributed by atoms with Crippen molar-refractivity contribution in [2.45, 2.75) is 0 Å². The Hall–Kier alpha value is -1.74. The lowest BCUT2D eigenvalue weighted by Gasteiger charge is -2.10. The van der Waals surface area contributed by atoms with E-state index in [0.717, 1.165) is 0 Å². The largest absolute Gasteiger partial charge is 0.497 e. The zero-order chi connectivity index (χ0) is 13.1. The molecule has 0 atom stereocenters. The molecule has 0 aliphatic rings. The van der Waals surface area contributed by atoms with Crippen molar-refractivity contribution in [3.8, 4) is 22.6 Å². The van der Waals surface area contributed by atoms with Crippen molar-refractivity contribution in [1.82, 2.24) is 0 Å². The van der Waals surface area contributed by atoms with Gasteiger partial charge in [0, 0.05) is 17.7 Å². The van der Waals surface area contributed by atoms with Crippen LogP contribution in [0.5, 0.6) is 11.5 Å². The van der Waals surface area contributed by atoms with Crippen molar-refractivity contribution < 1.29 is 13.9 Å². The van der Waals surface area contributed by atoms with Gasteiger partial charge in [-0.3, -0.25) is 0 Å². The van der Waals surface area contributed by atoms with Crippen LogP contribution in [-0.4, -0.2) is 14.2 Å². The van der Waals surface area contributed by atoms with Gasteiger partial charge >= 0.3 is 0 Å². The molecule has 2 nitrogen and oxygen atoms in total. The van der Waals surface area contributed by atoms with Gasteiger partial charge in [0.15, 0.2) is 0 Å². The lowest BCUT2D eigenvalue weighted by Crippen LogP contribution is -1.91. The molecule has 2 aromatic rings. The first-order valence-corrected chi connectivity index (χ1v) is 5.62. The minimum Gasteiger partial charge on any atom is -0.497 e. The molecular weight excluding hydrogens is 255 g/mol. The summed E-state index contributed by atoms with van der Waals surface area (Å²) in [6, 6.07) is 10.6. The Kier molecular flexibility index (Phi) is 3.72. The molecule has 0 aliphatic carbocycles. The van der Waals surface area contributed by atoms with E-state index in [1.165, 1.54) is 20.3 Å². The highest BCUT2D eigenvalue weighted by Crippen LogP contribution is 2.35. The molecule has 0 bridgehead atoms. The number of hydrogen-bond donors (Lipinski definition) is 0. The Balaban J connectivity index is 2.63. The zero-order valence-corrected chi connectivity index (χ0v) is 10.7. The number of halogens is 2. The third-order valence-corrected chi connectivity index (χ3v) is 2.85. The van der Waals surface area contributed by atoms with Crippen molar-refractivity contribution >= 4 is 11.6 Å². The van der Waals surface area contributed by atoms with E-state index >= 15 is 0 Å². The van der Waals surface area contributed by atoms with Crippen LogP contribution < -0.4 is 9.47 Å². The molecule has 0 fully saturated rings. The highest BCUT2D eigenvalue weighted by atomic mass is 35.5. The third kappa shape index (κ3) is 2.41. The first-order valence-electron chi connectivity index (χ1n) is 5.25. The van der Waals surface area contributed by atoms with Crippen LogP contribution >= 0.6 is 11.6 Å². The maximum atomic E-state index is 13.8. The predicted octanol–water partition coefficient (Wildman–Crippen LogP) is 3.96. The molecule has 0 saturated heterocycles. The van der Waals surface area contributed by atoms with Crippen LogP contribution in [0, 0.1) is 11.9 Å². The number of hydrogen-bond acceptors (Lipinski definition) is 2. The van der Waals surface area contributed by atoms with Crippen molar-refractivity contribution in [1.29, 1.82) is 0 Å². The molecule has 0 aliphatic heterocycles. The molecule has 93 valence electrons. The topological polar surface area (TPSA) is 18.5 Å². The molecule has 0 aromatic heterocycles. The second-order valence-corrected chi connectivity index (χ2v) is 4.02. The average molecular weight is 266 g/mol. The third-order valence-electron chi connectivity index (χ3n) is 2.54. The minimum absolute atomic E-state index is 0.288. The van der Waals surface area contributed by atoms with E-state index < -0.39 is 5.82 Å². The number of benzene rings is 2. The molecule has 0 heterocycles. The standard InChI is InChI=1S/C14H11ClFO2/c1-17-10-6-9(7-11(8-10)18-2)14-12(15)4-3-5-13(14)16/h3-4,6-8H,1-2H3. The Morgan fingerprint density at radius 2 is 1.72 bits per heavy atom. The summed E-state index contributed by atoms with van der Waals surface area (Å²) in [4.78, 5) is 0. The van der Waals surface area contributed by atoms with Gasteiger partial charge in [-0.25, -0.2) is 4.39 Å². The van der Waals surface area contributed by atoms with E-state index in [1.54, 1.807) is 24.3 Å². The molecule has 0 spiro atoms. The van der Waals surface area contributed by atoms with Crippen molar-refractivity contribution in [3.63, 3.8) is 0 Å². The fourth-order valence-corrected chi connectivity index (χ4v) is 1.92. The Labute approximate surface area is 110 Å².